The molecule has 0 heterocycles. The zero-order valence-electron chi connectivity index (χ0n) is 11.2. The van der Waals surface area contributed by atoms with Gasteiger partial charge < -0.3 is 15.4 Å². The van der Waals surface area contributed by atoms with Crippen molar-refractivity contribution < 1.29 is 14.3 Å². The molecule has 0 saturated heterocycles. The molecular formula is C13H16BrClN2O3. The number of hydrogen-bond acceptors (Lipinski definition) is 3. The van der Waals surface area contributed by atoms with E-state index in [1.807, 2.05) is 0 Å². The van der Waals surface area contributed by atoms with Crippen LogP contribution < -0.4 is 10.6 Å². The van der Waals surface area contributed by atoms with Gasteiger partial charge in [-0.25, -0.2) is 0 Å². The van der Waals surface area contributed by atoms with Crippen molar-refractivity contribution in [2.75, 3.05) is 20.3 Å². The Morgan fingerprint density at radius 2 is 2.15 bits per heavy atom. The van der Waals surface area contributed by atoms with Crippen molar-refractivity contribution in [1.82, 2.24) is 10.6 Å². The van der Waals surface area contributed by atoms with Crippen LogP contribution in [0.2, 0.25) is 5.02 Å². The highest BCUT2D eigenvalue weighted by molar-refractivity contribution is 9.10. The fraction of sp³-hybridized carbons (Fsp3) is 0.385. The van der Waals surface area contributed by atoms with Crippen molar-refractivity contribution in [3.05, 3.63) is 33.3 Å². The van der Waals surface area contributed by atoms with Crippen LogP contribution in [0.3, 0.4) is 0 Å². The molecule has 7 heteroatoms. The normalized spacial score (nSPS) is 11.8. The van der Waals surface area contributed by atoms with E-state index >= 15 is 0 Å². The van der Waals surface area contributed by atoms with Crippen molar-refractivity contribution in [1.29, 1.82) is 0 Å². The second-order valence-corrected chi connectivity index (χ2v) is 5.39. The van der Waals surface area contributed by atoms with Crippen molar-refractivity contribution in [2.45, 2.75) is 13.0 Å². The number of methoxy groups -OCH3 is 1. The number of carbonyl (C=O) groups excluding carboxylic acids is 2. The fourth-order valence-electron chi connectivity index (χ4n) is 1.44. The van der Waals surface area contributed by atoms with E-state index < -0.39 is 6.04 Å². The lowest BCUT2D eigenvalue weighted by Gasteiger charge is -2.14. The maximum atomic E-state index is 12.0. The predicted molar refractivity (Wildman–Crippen MR) is 81.0 cm³/mol. The summed E-state index contributed by atoms with van der Waals surface area (Å²) in [7, 11) is 1.55. The third-order valence-corrected chi connectivity index (χ3v) is 3.41. The number of amides is 2. The summed E-state index contributed by atoms with van der Waals surface area (Å²) < 4.78 is 5.41. The second kappa shape index (κ2) is 8.24. The van der Waals surface area contributed by atoms with E-state index in [-0.39, 0.29) is 11.8 Å². The molecule has 0 aliphatic rings. The van der Waals surface area contributed by atoms with Crippen LogP contribution >= 0.6 is 27.5 Å². The van der Waals surface area contributed by atoms with Gasteiger partial charge in [0, 0.05) is 23.1 Å². The number of nitrogens with one attached hydrogen (secondary N) is 2. The third-order valence-electron chi connectivity index (χ3n) is 2.52. The highest BCUT2D eigenvalue weighted by atomic mass is 79.9. The Bertz CT molecular complexity index is 497. The number of hydrogen-bond donors (Lipinski definition) is 2. The molecule has 1 atom stereocenters. The number of halogens is 2. The first-order valence-electron chi connectivity index (χ1n) is 5.98. The van der Waals surface area contributed by atoms with Crippen LogP contribution in [0.4, 0.5) is 0 Å². The lowest BCUT2D eigenvalue weighted by atomic mass is 10.2. The molecule has 0 spiro atoms. The summed E-state index contributed by atoms with van der Waals surface area (Å²) in [6.07, 6.45) is 0. The Morgan fingerprint density at radius 3 is 2.75 bits per heavy atom. The minimum Gasteiger partial charge on any atom is -0.383 e. The number of rotatable bonds is 6. The minimum absolute atomic E-state index is 0.263. The van der Waals surface area contributed by atoms with Gasteiger partial charge in [0.25, 0.3) is 5.91 Å². The molecule has 0 aliphatic carbocycles. The van der Waals surface area contributed by atoms with Crippen molar-refractivity contribution in [3.63, 3.8) is 0 Å². The van der Waals surface area contributed by atoms with Crippen LogP contribution in [-0.2, 0) is 9.53 Å². The molecule has 20 heavy (non-hydrogen) atoms. The molecule has 2 amide bonds. The molecule has 0 saturated carbocycles. The van der Waals surface area contributed by atoms with E-state index in [0.29, 0.717) is 28.2 Å². The first-order valence-corrected chi connectivity index (χ1v) is 7.15. The van der Waals surface area contributed by atoms with Gasteiger partial charge in [0.1, 0.15) is 6.04 Å². The summed E-state index contributed by atoms with van der Waals surface area (Å²) in [5.74, 6) is -0.608. The first-order chi connectivity index (χ1) is 9.45. The van der Waals surface area contributed by atoms with Crippen LogP contribution in [-0.4, -0.2) is 38.1 Å². The summed E-state index contributed by atoms with van der Waals surface area (Å²) in [4.78, 5) is 23.7. The van der Waals surface area contributed by atoms with E-state index in [9.17, 15) is 9.59 Å². The molecule has 0 aromatic heterocycles. The van der Waals surface area contributed by atoms with Gasteiger partial charge in [0.15, 0.2) is 0 Å². The molecule has 0 bridgehead atoms. The molecule has 0 fully saturated rings. The van der Waals surface area contributed by atoms with E-state index in [0.717, 1.165) is 0 Å². The Labute approximate surface area is 131 Å². The number of carbonyl (C=O) groups is 2. The molecular weight excluding hydrogens is 348 g/mol. The quantitative estimate of drug-likeness (QED) is 0.760. The Hall–Kier alpha value is -1.11. The van der Waals surface area contributed by atoms with Crippen LogP contribution in [0, 0.1) is 0 Å². The standard InChI is InChI=1S/C13H16BrClN2O3/c1-8(12(18)16-5-6-20-2)17-13(19)10-4-3-9(15)7-11(10)14/h3-4,7-8H,5-6H2,1-2H3,(H,16,18)(H,17,19). The molecule has 2 N–H and O–H groups in total. The topological polar surface area (TPSA) is 67.4 Å². The molecule has 1 aromatic carbocycles. The summed E-state index contributed by atoms with van der Waals surface area (Å²) in [5.41, 5.74) is 0.422. The SMILES string of the molecule is COCCNC(=O)C(C)NC(=O)c1ccc(Cl)cc1Br. The molecule has 5 nitrogen and oxygen atoms in total. The van der Waals surface area contributed by atoms with Gasteiger partial charge in [-0.1, -0.05) is 11.6 Å². The molecule has 1 unspecified atom stereocenters. The molecule has 1 rings (SSSR count). The minimum atomic E-state index is -0.637. The lowest BCUT2D eigenvalue weighted by molar-refractivity contribution is -0.122. The van der Waals surface area contributed by atoms with Gasteiger partial charge in [0.2, 0.25) is 5.91 Å². The molecule has 0 radical (unpaired) electrons. The van der Waals surface area contributed by atoms with Crippen molar-refractivity contribution >= 4 is 39.3 Å². The average molecular weight is 364 g/mol. The van der Waals surface area contributed by atoms with E-state index in [4.69, 9.17) is 16.3 Å². The lowest BCUT2D eigenvalue weighted by Crippen LogP contribution is -2.45. The average Bonchev–Trinajstić information content (AvgIpc) is 2.38. The largest absolute Gasteiger partial charge is 0.383 e. The third kappa shape index (κ3) is 5.11. The van der Waals surface area contributed by atoms with Gasteiger partial charge in [-0.05, 0) is 41.1 Å². The van der Waals surface area contributed by atoms with Crippen LogP contribution in [0.15, 0.2) is 22.7 Å². The smallest absolute Gasteiger partial charge is 0.253 e. The maximum Gasteiger partial charge on any atom is 0.253 e. The Kier molecular flexibility index (Phi) is 6.98. The summed E-state index contributed by atoms with van der Waals surface area (Å²) in [5, 5.41) is 5.80. The predicted octanol–water partition coefficient (Wildman–Crippen LogP) is 1.98. The van der Waals surface area contributed by atoms with Gasteiger partial charge in [0.05, 0.1) is 12.2 Å². The second-order valence-electron chi connectivity index (χ2n) is 4.10. The number of ether oxygens (including phenoxy) is 1. The first kappa shape index (κ1) is 16.9. The zero-order chi connectivity index (χ0) is 15.1. The monoisotopic (exact) mass is 362 g/mol. The van der Waals surface area contributed by atoms with Gasteiger partial charge >= 0.3 is 0 Å². The molecule has 1 aromatic rings. The maximum absolute atomic E-state index is 12.0. The van der Waals surface area contributed by atoms with Crippen LogP contribution in [0.1, 0.15) is 17.3 Å². The highest BCUT2D eigenvalue weighted by Crippen LogP contribution is 2.21. The van der Waals surface area contributed by atoms with Crippen molar-refractivity contribution in [3.8, 4) is 0 Å². The van der Waals surface area contributed by atoms with Gasteiger partial charge in [-0.3, -0.25) is 9.59 Å². The summed E-state index contributed by atoms with van der Waals surface area (Å²) >= 11 is 9.07. The summed E-state index contributed by atoms with van der Waals surface area (Å²) in [6, 6.07) is 4.20. The number of benzene rings is 1. The molecule has 110 valence electrons. The summed E-state index contributed by atoms with van der Waals surface area (Å²) in [6.45, 7) is 2.44. The van der Waals surface area contributed by atoms with Crippen molar-refractivity contribution in [2.24, 2.45) is 0 Å². The zero-order valence-corrected chi connectivity index (χ0v) is 13.5. The Balaban J connectivity index is 2.58. The fourth-order valence-corrected chi connectivity index (χ4v) is 2.31. The van der Waals surface area contributed by atoms with E-state index in [2.05, 4.69) is 26.6 Å². The van der Waals surface area contributed by atoms with E-state index in [1.54, 1.807) is 32.2 Å². The van der Waals surface area contributed by atoms with Crippen LogP contribution in [0.5, 0.6) is 0 Å². The molecule has 0 aliphatic heterocycles. The van der Waals surface area contributed by atoms with E-state index in [1.165, 1.54) is 0 Å². The highest BCUT2D eigenvalue weighted by Gasteiger charge is 2.17. The van der Waals surface area contributed by atoms with Gasteiger partial charge in [-0.15, -0.1) is 0 Å². The van der Waals surface area contributed by atoms with Crippen LogP contribution in [0.25, 0.3) is 0 Å². The Morgan fingerprint density at radius 1 is 1.45 bits per heavy atom. The van der Waals surface area contributed by atoms with Gasteiger partial charge in [-0.2, -0.15) is 0 Å².